The molecule has 21 heavy (non-hydrogen) atoms. The molecule has 108 valence electrons. The maximum Gasteiger partial charge on any atom is 0.168 e. The number of halogens is 1. The van der Waals surface area contributed by atoms with Crippen LogP contribution in [0.4, 0.5) is 5.82 Å². The topological polar surface area (TPSA) is 55.6 Å². The van der Waals surface area contributed by atoms with Gasteiger partial charge >= 0.3 is 0 Å². The summed E-state index contributed by atoms with van der Waals surface area (Å²) in [5, 5.41) is 8.64. The highest BCUT2D eigenvalue weighted by atomic mass is 35.5. The van der Waals surface area contributed by atoms with Gasteiger partial charge in [-0.25, -0.2) is 14.6 Å². The summed E-state index contributed by atoms with van der Waals surface area (Å²) in [5.41, 5.74) is 1.48. The molecule has 0 unspecified atom stereocenters. The number of hydrogen-bond donors (Lipinski definition) is 1. The summed E-state index contributed by atoms with van der Waals surface area (Å²) >= 11 is 5.97. The van der Waals surface area contributed by atoms with Gasteiger partial charge in [0.25, 0.3) is 0 Å². The maximum absolute atomic E-state index is 5.97. The lowest BCUT2D eigenvalue weighted by molar-refractivity contribution is 0.638. The normalized spacial score (nSPS) is 11.8. The van der Waals surface area contributed by atoms with E-state index in [1.165, 1.54) is 6.33 Å². The van der Waals surface area contributed by atoms with Gasteiger partial charge in [0.05, 0.1) is 17.3 Å². The highest BCUT2D eigenvalue weighted by molar-refractivity contribution is 6.18. The summed E-state index contributed by atoms with van der Waals surface area (Å²) in [7, 11) is 0. The van der Waals surface area contributed by atoms with Gasteiger partial charge in [0.15, 0.2) is 5.65 Å². The van der Waals surface area contributed by atoms with Crippen LogP contribution in [0.5, 0.6) is 0 Å². The number of aromatic nitrogens is 4. The summed E-state index contributed by atoms with van der Waals surface area (Å²) in [6, 6.07) is 9.90. The highest BCUT2D eigenvalue weighted by Gasteiger charge is 2.19. The van der Waals surface area contributed by atoms with Crippen molar-refractivity contribution in [2.45, 2.75) is 19.4 Å². The Morgan fingerprint density at radius 1 is 1.19 bits per heavy atom. The Kier molecular flexibility index (Phi) is 3.51. The van der Waals surface area contributed by atoms with Gasteiger partial charge in [-0.1, -0.05) is 18.2 Å². The first-order valence-electron chi connectivity index (χ1n) is 6.69. The van der Waals surface area contributed by atoms with Crippen molar-refractivity contribution in [2.24, 2.45) is 0 Å². The number of fused-ring (bicyclic) bond motifs is 1. The number of para-hydroxylation sites is 1. The third-order valence-electron chi connectivity index (χ3n) is 3.16. The van der Waals surface area contributed by atoms with Crippen molar-refractivity contribution in [3.8, 4) is 5.69 Å². The standard InChI is InChI=1S/C15H16ClN5/c1-15(2,9-16)20-13-12-8-19-21(14(12)18-10-17-13)11-6-4-3-5-7-11/h3-8,10H,9H2,1-2H3,(H,17,18,20). The Bertz CT molecular complexity index is 751. The summed E-state index contributed by atoms with van der Waals surface area (Å²) in [6.07, 6.45) is 3.31. The van der Waals surface area contributed by atoms with Crippen LogP contribution in [0, 0.1) is 0 Å². The first kappa shape index (κ1) is 13.8. The van der Waals surface area contributed by atoms with Crippen LogP contribution in [0.25, 0.3) is 16.7 Å². The van der Waals surface area contributed by atoms with E-state index in [2.05, 4.69) is 20.4 Å². The van der Waals surface area contributed by atoms with Crippen molar-refractivity contribution in [2.75, 3.05) is 11.2 Å². The van der Waals surface area contributed by atoms with Crippen LogP contribution in [-0.2, 0) is 0 Å². The maximum atomic E-state index is 5.97. The monoisotopic (exact) mass is 301 g/mol. The van der Waals surface area contributed by atoms with Gasteiger partial charge in [-0.3, -0.25) is 0 Å². The smallest absolute Gasteiger partial charge is 0.168 e. The third kappa shape index (κ3) is 2.69. The molecule has 1 N–H and O–H groups in total. The molecule has 6 heteroatoms. The molecular formula is C15H16ClN5. The molecule has 2 aromatic heterocycles. The van der Waals surface area contributed by atoms with Crippen molar-refractivity contribution in [1.82, 2.24) is 19.7 Å². The second-order valence-corrected chi connectivity index (χ2v) is 5.76. The molecule has 0 aliphatic rings. The lowest BCUT2D eigenvalue weighted by Crippen LogP contribution is -2.33. The summed E-state index contributed by atoms with van der Waals surface area (Å²) in [5.74, 6) is 1.22. The van der Waals surface area contributed by atoms with Crippen molar-refractivity contribution in [3.05, 3.63) is 42.9 Å². The molecule has 0 amide bonds. The minimum absolute atomic E-state index is 0.252. The minimum atomic E-state index is -0.252. The fraction of sp³-hybridized carbons (Fsp3) is 0.267. The van der Waals surface area contributed by atoms with Crippen LogP contribution in [0.15, 0.2) is 42.9 Å². The van der Waals surface area contributed by atoms with E-state index in [1.54, 1.807) is 10.9 Å². The summed E-state index contributed by atoms with van der Waals surface area (Å²) < 4.78 is 1.80. The first-order valence-corrected chi connectivity index (χ1v) is 7.22. The average Bonchev–Trinajstić information content (AvgIpc) is 2.93. The fourth-order valence-corrected chi connectivity index (χ4v) is 2.12. The van der Waals surface area contributed by atoms with Gasteiger partial charge in [-0.15, -0.1) is 11.6 Å². The highest BCUT2D eigenvalue weighted by Crippen LogP contribution is 2.24. The quantitative estimate of drug-likeness (QED) is 0.752. The van der Waals surface area contributed by atoms with Crippen molar-refractivity contribution < 1.29 is 0 Å². The van der Waals surface area contributed by atoms with Crippen LogP contribution in [0.1, 0.15) is 13.8 Å². The molecule has 0 radical (unpaired) electrons. The van der Waals surface area contributed by atoms with Crippen molar-refractivity contribution in [1.29, 1.82) is 0 Å². The molecule has 0 aliphatic heterocycles. The van der Waals surface area contributed by atoms with Crippen LogP contribution >= 0.6 is 11.6 Å². The second kappa shape index (κ2) is 5.33. The zero-order valence-electron chi connectivity index (χ0n) is 11.9. The Balaban J connectivity index is 2.09. The van der Waals surface area contributed by atoms with Crippen molar-refractivity contribution >= 4 is 28.5 Å². The van der Waals surface area contributed by atoms with Crippen molar-refractivity contribution in [3.63, 3.8) is 0 Å². The molecule has 0 fully saturated rings. The van der Waals surface area contributed by atoms with Gasteiger partial charge in [0, 0.05) is 11.4 Å². The number of rotatable bonds is 4. The molecule has 0 spiro atoms. The molecule has 3 aromatic rings. The van der Waals surface area contributed by atoms with E-state index in [9.17, 15) is 0 Å². The van der Waals surface area contributed by atoms with Gasteiger partial charge < -0.3 is 5.32 Å². The van der Waals surface area contributed by atoms with E-state index in [4.69, 9.17) is 11.6 Å². The number of alkyl halides is 1. The SMILES string of the molecule is CC(C)(CCl)Nc1ncnc2c1cnn2-c1ccccc1. The largest absolute Gasteiger partial charge is 0.363 e. The van der Waals surface area contributed by atoms with Crippen LogP contribution < -0.4 is 5.32 Å². The lowest BCUT2D eigenvalue weighted by atomic mass is 10.1. The zero-order valence-corrected chi connectivity index (χ0v) is 12.7. The second-order valence-electron chi connectivity index (χ2n) is 5.49. The molecular weight excluding hydrogens is 286 g/mol. The van der Waals surface area contributed by atoms with E-state index >= 15 is 0 Å². The van der Waals surface area contributed by atoms with E-state index in [-0.39, 0.29) is 5.54 Å². The summed E-state index contributed by atoms with van der Waals surface area (Å²) in [6.45, 7) is 4.05. The van der Waals surface area contributed by atoms with E-state index in [1.807, 2.05) is 44.2 Å². The number of nitrogens with one attached hydrogen (secondary N) is 1. The molecule has 0 atom stereocenters. The fourth-order valence-electron chi connectivity index (χ4n) is 2.06. The molecule has 0 aliphatic carbocycles. The Labute approximate surface area is 128 Å². The Morgan fingerprint density at radius 3 is 2.67 bits per heavy atom. The molecule has 3 rings (SSSR count). The predicted molar refractivity (Wildman–Crippen MR) is 85.1 cm³/mol. The summed E-state index contributed by atoms with van der Waals surface area (Å²) in [4.78, 5) is 8.66. The third-order valence-corrected chi connectivity index (χ3v) is 3.83. The lowest BCUT2D eigenvalue weighted by Gasteiger charge is -2.24. The Morgan fingerprint density at radius 2 is 1.95 bits per heavy atom. The molecule has 0 saturated carbocycles. The van der Waals surface area contributed by atoms with E-state index < -0.39 is 0 Å². The predicted octanol–water partition coefficient (Wildman–Crippen LogP) is 3.24. The van der Waals surface area contributed by atoms with E-state index in [0.717, 1.165) is 22.5 Å². The zero-order chi connectivity index (χ0) is 14.9. The number of benzene rings is 1. The van der Waals surface area contributed by atoms with Gasteiger partial charge in [-0.2, -0.15) is 5.10 Å². The van der Waals surface area contributed by atoms with Gasteiger partial charge in [0.2, 0.25) is 0 Å². The number of anilines is 1. The Hall–Kier alpha value is -2.14. The first-order chi connectivity index (χ1) is 10.1. The molecule has 0 saturated heterocycles. The van der Waals surface area contributed by atoms with Gasteiger partial charge in [0.1, 0.15) is 12.1 Å². The molecule has 5 nitrogen and oxygen atoms in total. The van der Waals surface area contributed by atoms with Crippen LogP contribution in [0.3, 0.4) is 0 Å². The van der Waals surface area contributed by atoms with Gasteiger partial charge in [-0.05, 0) is 26.0 Å². The molecule has 0 bridgehead atoms. The number of hydrogen-bond acceptors (Lipinski definition) is 4. The average molecular weight is 302 g/mol. The number of nitrogens with zero attached hydrogens (tertiary/aromatic N) is 4. The van der Waals surface area contributed by atoms with Crippen LogP contribution in [-0.4, -0.2) is 31.2 Å². The van der Waals surface area contributed by atoms with Crippen LogP contribution in [0.2, 0.25) is 0 Å². The van der Waals surface area contributed by atoms with E-state index in [0.29, 0.717) is 5.88 Å². The minimum Gasteiger partial charge on any atom is -0.363 e. The molecule has 1 aromatic carbocycles. The molecule has 2 heterocycles.